The number of hydrogen-bond donors (Lipinski definition) is 0. The lowest BCUT2D eigenvalue weighted by molar-refractivity contribution is -0.140. The van der Waals surface area contributed by atoms with Gasteiger partial charge in [-0.15, -0.1) is 0 Å². The largest absolute Gasteiger partial charge is 0.426 e. The number of hydrogen-bond acceptors (Lipinski definition) is 2. The highest BCUT2D eigenvalue weighted by Crippen LogP contribution is 2.33. The zero-order valence-corrected chi connectivity index (χ0v) is 12.9. The van der Waals surface area contributed by atoms with Crippen LogP contribution in [0.1, 0.15) is 38.2 Å². The molecule has 2 unspecified atom stereocenters. The molecule has 0 radical (unpaired) electrons. The van der Waals surface area contributed by atoms with Crippen LogP contribution >= 0.6 is 22.6 Å². The van der Waals surface area contributed by atoms with E-state index in [2.05, 4.69) is 35.6 Å². The quantitative estimate of drug-likeness (QED) is 0.260. The first kappa shape index (κ1) is 13.8. The van der Waals surface area contributed by atoms with Crippen molar-refractivity contribution in [3.05, 3.63) is 29.8 Å². The Balaban J connectivity index is 2.00. The Morgan fingerprint density at radius 2 is 2.17 bits per heavy atom. The maximum absolute atomic E-state index is 12.0. The SMILES string of the molecule is CCCCCC(I)C1Cc2ccccc2OC1=O. The molecule has 0 fully saturated rings. The van der Waals surface area contributed by atoms with Crippen LogP contribution in [0, 0.1) is 5.92 Å². The van der Waals surface area contributed by atoms with E-state index in [-0.39, 0.29) is 11.9 Å². The van der Waals surface area contributed by atoms with Crippen molar-refractivity contribution >= 4 is 28.6 Å². The van der Waals surface area contributed by atoms with Gasteiger partial charge in [0.15, 0.2) is 0 Å². The number of fused-ring (bicyclic) bond motifs is 1. The topological polar surface area (TPSA) is 26.3 Å². The molecule has 2 nitrogen and oxygen atoms in total. The van der Waals surface area contributed by atoms with Crippen LogP contribution in [0.25, 0.3) is 0 Å². The minimum absolute atomic E-state index is 0.0253. The van der Waals surface area contributed by atoms with Gasteiger partial charge in [0.2, 0.25) is 0 Å². The molecule has 1 aliphatic heterocycles. The third kappa shape index (κ3) is 3.25. The average molecular weight is 358 g/mol. The smallest absolute Gasteiger partial charge is 0.315 e. The molecule has 0 N–H and O–H groups in total. The summed E-state index contributed by atoms with van der Waals surface area (Å²) in [5.41, 5.74) is 1.17. The Labute approximate surface area is 122 Å². The van der Waals surface area contributed by atoms with Crippen LogP contribution < -0.4 is 4.74 Å². The van der Waals surface area contributed by atoms with Crippen molar-refractivity contribution in [1.82, 2.24) is 0 Å². The van der Waals surface area contributed by atoms with Crippen LogP contribution in [0.5, 0.6) is 5.75 Å². The first-order chi connectivity index (χ1) is 8.72. The van der Waals surface area contributed by atoms with Gasteiger partial charge in [0.1, 0.15) is 5.75 Å². The molecule has 0 aliphatic carbocycles. The van der Waals surface area contributed by atoms with E-state index in [1.807, 2.05) is 18.2 Å². The van der Waals surface area contributed by atoms with E-state index in [4.69, 9.17) is 4.74 Å². The first-order valence-corrected chi connectivity index (χ1v) is 7.90. The van der Waals surface area contributed by atoms with Gasteiger partial charge in [-0.25, -0.2) is 0 Å². The molecule has 3 heteroatoms. The number of carbonyl (C=O) groups is 1. The molecular weight excluding hydrogens is 339 g/mol. The third-order valence-corrected chi connectivity index (χ3v) is 4.94. The van der Waals surface area contributed by atoms with E-state index in [1.165, 1.54) is 24.8 Å². The van der Waals surface area contributed by atoms with Gasteiger partial charge in [0.25, 0.3) is 0 Å². The fourth-order valence-electron chi connectivity index (χ4n) is 2.34. The van der Waals surface area contributed by atoms with Gasteiger partial charge in [-0.2, -0.15) is 0 Å². The molecule has 2 atom stereocenters. The Hall–Kier alpha value is -0.580. The molecule has 2 rings (SSSR count). The molecule has 98 valence electrons. The molecule has 18 heavy (non-hydrogen) atoms. The van der Waals surface area contributed by atoms with E-state index >= 15 is 0 Å². The summed E-state index contributed by atoms with van der Waals surface area (Å²) in [6, 6.07) is 7.86. The highest BCUT2D eigenvalue weighted by atomic mass is 127. The van der Waals surface area contributed by atoms with Gasteiger partial charge in [-0.3, -0.25) is 4.79 Å². The van der Waals surface area contributed by atoms with E-state index in [1.54, 1.807) is 0 Å². The molecule has 0 aromatic heterocycles. The highest BCUT2D eigenvalue weighted by molar-refractivity contribution is 14.1. The fourth-order valence-corrected chi connectivity index (χ4v) is 3.33. The standard InChI is InChI=1S/C15H19IO2/c1-2-3-4-8-13(16)12-10-11-7-5-6-9-14(11)18-15(12)17/h5-7,9,12-13H,2-4,8,10H2,1H3. The Morgan fingerprint density at radius 3 is 2.94 bits per heavy atom. The molecule has 0 saturated heterocycles. The predicted octanol–water partition coefficient (Wildman–Crippen LogP) is 4.15. The summed E-state index contributed by atoms with van der Waals surface area (Å²) in [5.74, 6) is 0.720. The van der Waals surface area contributed by atoms with Crippen molar-refractivity contribution in [1.29, 1.82) is 0 Å². The van der Waals surface area contributed by atoms with Gasteiger partial charge < -0.3 is 4.74 Å². The van der Waals surface area contributed by atoms with Crippen LogP contribution in [0.3, 0.4) is 0 Å². The minimum Gasteiger partial charge on any atom is -0.426 e. The van der Waals surface area contributed by atoms with Crippen molar-refractivity contribution < 1.29 is 9.53 Å². The maximum atomic E-state index is 12.0. The number of para-hydroxylation sites is 1. The second kappa shape index (κ2) is 6.55. The maximum Gasteiger partial charge on any atom is 0.315 e. The molecule has 1 aliphatic rings. The number of benzene rings is 1. The number of unbranched alkanes of at least 4 members (excludes halogenated alkanes) is 2. The summed E-state index contributed by atoms with van der Waals surface area (Å²) in [5, 5.41) is 0. The van der Waals surface area contributed by atoms with E-state index in [0.29, 0.717) is 3.92 Å². The zero-order chi connectivity index (χ0) is 13.0. The number of carbonyl (C=O) groups excluding carboxylic acids is 1. The molecular formula is C15H19IO2. The van der Waals surface area contributed by atoms with Crippen molar-refractivity contribution in [3.63, 3.8) is 0 Å². The highest BCUT2D eigenvalue weighted by Gasteiger charge is 2.32. The second-order valence-corrected chi connectivity index (χ2v) is 6.45. The average Bonchev–Trinajstić information content (AvgIpc) is 2.38. The summed E-state index contributed by atoms with van der Waals surface area (Å²) >= 11 is 2.41. The third-order valence-electron chi connectivity index (χ3n) is 3.45. The molecule has 0 bridgehead atoms. The number of ether oxygens (including phenoxy) is 1. The molecule has 0 spiro atoms. The van der Waals surface area contributed by atoms with E-state index < -0.39 is 0 Å². The Kier molecular flexibility index (Phi) is 5.03. The van der Waals surface area contributed by atoms with E-state index in [9.17, 15) is 4.79 Å². The molecule has 1 aromatic rings. The lowest BCUT2D eigenvalue weighted by atomic mass is 9.91. The fraction of sp³-hybridized carbons (Fsp3) is 0.533. The minimum atomic E-state index is -0.0513. The summed E-state index contributed by atoms with van der Waals surface area (Å²) in [4.78, 5) is 12.0. The van der Waals surface area contributed by atoms with Crippen molar-refractivity contribution in [3.8, 4) is 5.75 Å². The first-order valence-electron chi connectivity index (χ1n) is 6.66. The monoisotopic (exact) mass is 358 g/mol. The van der Waals surface area contributed by atoms with Crippen LogP contribution in [0.15, 0.2) is 24.3 Å². The number of halogens is 1. The number of rotatable bonds is 5. The van der Waals surface area contributed by atoms with Crippen LogP contribution in [0.4, 0.5) is 0 Å². The lowest BCUT2D eigenvalue weighted by Gasteiger charge is -2.26. The Bertz CT molecular complexity index is 417. The Morgan fingerprint density at radius 1 is 1.39 bits per heavy atom. The van der Waals surface area contributed by atoms with Crippen LogP contribution in [-0.4, -0.2) is 9.89 Å². The summed E-state index contributed by atoms with van der Waals surface area (Å²) < 4.78 is 5.81. The molecule has 1 aromatic carbocycles. The second-order valence-electron chi connectivity index (χ2n) is 4.85. The molecule has 1 heterocycles. The normalized spacial score (nSPS) is 20.1. The molecule has 0 saturated carbocycles. The van der Waals surface area contributed by atoms with Crippen molar-refractivity contribution in [2.45, 2.75) is 43.0 Å². The zero-order valence-electron chi connectivity index (χ0n) is 10.7. The van der Waals surface area contributed by atoms with Crippen molar-refractivity contribution in [2.75, 3.05) is 0 Å². The van der Waals surface area contributed by atoms with Crippen LogP contribution in [-0.2, 0) is 11.2 Å². The van der Waals surface area contributed by atoms with Gasteiger partial charge in [-0.1, -0.05) is 67.0 Å². The lowest BCUT2D eigenvalue weighted by Crippen LogP contribution is -2.33. The number of alkyl halides is 1. The predicted molar refractivity (Wildman–Crippen MR) is 81.2 cm³/mol. The van der Waals surface area contributed by atoms with Gasteiger partial charge in [0.05, 0.1) is 5.92 Å². The van der Waals surface area contributed by atoms with Crippen molar-refractivity contribution in [2.24, 2.45) is 5.92 Å². The van der Waals surface area contributed by atoms with Crippen LogP contribution in [0.2, 0.25) is 0 Å². The summed E-state index contributed by atoms with van der Waals surface area (Å²) in [6.07, 6.45) is 5.61. The van der Waals surface area contributed by atoms with E-state index in [0.717, 1.165) is 18.6 Å². The summed E-state index contributed by atoms with van der Waals surface area (Å²) in [7, 11) is 0. The van der Waals surface area contributed by atoms with Gasteiger partial charge in [-0.05, 0) is 24.5 Å². The number of esters is 1. The van der Waals surface area contributed by atoms with Gasteiger partial charge in [0, 0.05) is 3.92 Å². The summed E-state index contributed by atoms with van der Waals surface area (Å²) in [6.45, 7) is 2.20. The van der Waals surface area contributed by atoms with Gasteiger partial charge >= 0.3 is 5.97 Å². The molecule has 0 amide bonds.